The number of ether oxygens (including phenoxy) is 1. The second kappa shape index (κ2) is 18.2. The van der Waals surface area contributed by atoms with E-state index in [9.17, 15) is 9.59 Å². The minimum atomic E-state index is -1.03. The van der Waals surface area contributed by atoms with Crippen molar-refractivity contribution in [3.63, 3.8) is 0 Å². The van der Waals surface area contributed by atoms with Gasteiger partial charge in [0.25, 0.3) is 0 Å². The van der Waals surface area contributed by atoms with Crippen LogP contribution < -0.4 is 10.5 Å². The van der Waals surface area contributed by atoms with Crippen molar-refractivity contribution >= 4 is 11.9 Å². The van der Waals surface area contributed by atoms with Crippen molar-refractivity contribution in [3.8, 4) is 5.75 Å². The number of carboxylic acid groups (broad SMARTS) is 1. The van der Waals surface area contributed by atoms with Gasteiger partial charge in [-0.15, -0.1) is 0 Å². The van der Waals surface area contributed by atoms with Crippen molar-refractivity contribution in [1.29, 1.82) is 0 Å². The number of carboxylic acids is 1. The SMILES string of the molecule is CCCCCC=CCC=CCCCCCCCC(=O)Oc1ccc(C[C@H](N)C(=O)O)cc1. The fourth-order valence-electron chi connectivity index (χ4n) is 3.30. The predicted octanol–water partition coefficient (Wildman–Crippen LogP) is 6.36. The number of esters is 1. The third-order valence-corrected chi connectivity index (χ3v) is 5.26. The first kappa shape index (κ1) is 27.6. The van der Waals surface area contributed by atoms with Crippen molar-refractivity contribution in [2.45, 2.75) is 96.4 Å². The summed E-state index contributed by atoms with van der Waals surface area (Å²) in [7, 11) is 0. The van der Waals surface area contributed by atoms with Crippen LogP contribution in [0.1, 0.15) is 89.5 Å². The normalized spacial score (nSPS) is 12.4. The number of carbonyl (C=O) groups excluding carboxylic acids is 1. The summed E-state index contributed by atoms with van der Waals surface area (Å²) in [5, 5.41) is 8.85. The van der Waals surface area contributed by atoms with Crippen molar-refractivity contribution in [3.05, 3.63) is 54.1 Å². The van der Waals surface area contributed by atoms with E-state index in [4.69, 9.17) is 15.6 Å². The zero-order valence-corrected chi connectivity index (χ0v) is 19.6. The fraction of sp³-hybridized carbons (Fsp3) is 0.556. The third-order valence-electron chi connectivity index (χ3n) is 5.26. The highest BCUT2D eigenvalue weighted by molar-refractivity contribution is 5.73. The molecule has 0 aliphatic heterocycles. The lowest BCUT2D eigenvalue weighted by Gasteiger charge is -2.08. The van der Waals surface area contributed by atoms with Crippen molar-refractivity contribution in [1.82, 2.24) is 0 Å². The second-order valence-electron chi connectivity index (χ2n) is 8.25. The third kappa shape index (κ3) is 14.6. The molecule has 0 bridgehead atoms. The number of rotatable bonds is 18. The zero-order chi connectivity index (χ0) is 23.4. The Morgan fingerprint density at radius 3 is 2.12 bits per heavy atom. The second-order valence-corrected chi connectivity index (χ2v) is 8.25. The van der Waals surface area contributed by atoms with Crippen LogP contribution in [0.25, 0.3) is 0 Å². The van der Waals surface area contributed by atoms with Gasteiger partial charge in [-0.25, -0.2) is 0 Å². The molecule has 0 aliphatic rings. The summed E-state index contributed by atoms with van der Waals surface area (Å²) in [6.45, 7) is 2.23. The van der Waals surface area contributed by atoms with E-state index in [1.54, 1.807) is 24.3 Å². The van der Waals surface area contributed by atoms with E-state index in [-0.39, 0.29) is 12.4 Å². The molecule has 3 N–H and O–H groups in total. The molecule has 1 rings (SSSR count). The van der Waals surface area contributed by atoms with Gasteiger partial charge in [-0.2, -0.15) is 0 Å². The Kier molecular flexibility index (Phi) is 15.7. The molecule has 0 saturated heterocycles. The molecule has 0 fully saturated rings. The van der Waals surface area contributed by atoms with Gasteiger partial charge in [0.2, 0.25) is 0 Å². The molecule has 1 atom stereocenters. The Morgan fingerprint density at radius 1 is 0.906 bits per heavy atom. The van der Waals surface area contributed by atoms with Crippen LogP contribution >= 0.6 is 0 Å². The van der Waals surface area contributed by atoms with Crippen molar-refractivity contribution < 1.29 is 19.4 Å². The van der Waals surface area contributed by atoms with Gasteiger partial charge < -0.3 is 15.6 Å². The number of hydrogen-bond donors (Lipinski definition) is 2. The van der Waals surface area contributed by atoms with Crippen molar-refractivity contribution in [2.24, 2.45) is 5.73 Å². The topological polar surface area (TPSA) is 89.6 Å². The molecule has 0 spiro atoms. The summed E-state index contributed by atoms with van der Waals surface area (Å²) in [6.07, 6.45) is 22.4. The van der Waals surface area contributed by atoms with E-state index in [2.05, 4.69) is 31.2 Å². The van der Waals surface area contributed by atoms with Crippen LogP contribution in [0.4, 0.5) is 0 Å². The standard InChI is InChI=1S/C27H41NO4/c1-2-3-4-5-6-7-8-9-10-11-12-13-14-15-16-17-26(29)32-24-20-18-23(19-21-24)22-25(28)27(30)31/h6-7,9-10,18-21,25H,2-5,8,11-17,22,28H2,1H3,(H,30,31)/t25-/m0/s1. The Balaban J connectivity index is 2.02. The number of aliphatic carboxylic acids is 1. The zero-order valence-electron chi connectivity index (χ0n) is 19.6. The number of carbonyl (C=O) groups is 2. The lowest BCUT2D eigenvalue weighted by molar-refractivity contribution is -0.138. The molecular formula is C27H41NO4. The van der Waals surface area contributed by atoms with E-state index in [0.717, 1.165) is 37.7 Å². The monoisotopic (exact) mass is 443 g/mol. The molecule has 1 aromatic rings. The molecule has 0 radical (unpaired) electrons. The molecule has 32 heavy (non-hydrogen) atoms. The Morgan fingerprint density at radius 2 is 1.50 bits per heavy atom. The average molecular weight is 444 g/mol. The van der Waals surface area contributed by atoms with Crippen LogP contribution in [-0.4, -0.2) is 23.1 Å². The van der Waals surface area contributed by atoms with Gasteiger partial charge in [0, 0.05) is 6.42 Å². The molecule has 0 saturated carbocycles. The van der Waals surface area contributed by atoms with Crippen molar-refractivity contribution in [2.75, 3.05) is 0 Å². The highest BCUT2D eigenvalue weighted by atomic mass is 16.5. The van der Waals surface area contributed by atoms with Gasteiger partial charge in [0.1, 0.15) is 11.8 Å². The average Bonchev–Trinajstić information content (AvgIpc) is 2.77. The van der Waals surface area contributed by atoms with Gasteiger partial charge >= 0.3 is 11.9 Å². The molecule has 178 valence electrons. The quantitative estimate of drug-likeness (QED) is 0.119. The Bertz CT molecular complexity index is 694. The summed E-state index contributed by atoms with van der Waals surface area (Å²) in [5.74, 6) is -0.784. The van der Waals surface area contributed by atoms with Crippen LogP contribution in [0.15, 0.2) is 48.6 Å². The summed E-state index contributed by atoms with van der Waals surface area (Å²) in [6, 6.07) is 5.91. The largest absolute Gasteiger partial charge is 0.480 e. The van der Waals surface area contributed by atoms with Gasteiger partial charge in [-0.05, 0) is 62.6 Å². The minimum Gasteiger partial charge on any atom is -0.480 e. The summed E-state index contributed by atoms with van der Waals surface area (Å²) in [5.41, 5.74) is 6.32. The minimum absolute atomic E-state index is 0.231. The van der Waals surface area contributed by atoms with Crippen LogP contribution in [0.2, 0.25) is 0 Å². The summed E-state index contributed by atoms with van der Waals surface area (Å²) < 4.78 is 5.34. The summed E-state index contributed by atoms with van der Waals surface area (Å²) in [4.78, 5) is 22.8. The molecule has 0 aliphatic carbocycles. The van der Waals surface area contributed by atoms with Crippen LogP contribution in [0, 0.1) is 0 Å². The Labute approximate surface area is 193 Å². The maximum Gasteiger partial charge on any atom is 0.320 e. The fourth-order valence-corrected chi connectivity index (χ4v) is 3.30. The van der Waals surface area contributed by atoms with E-state index < -0.39 is 12.0 Å². The smallest absolute Gasteiger partial charge is 0.320 e. The molecule has 0 heterocycles. The highest BCUT2D eigenvalue weighted by Crippen LogP contribution is 2.15. The number of nitrogens with two attached hydrogens (primary N) is 1. The lowest BCUT2D eigenvalue weighted by Crippen LogP contribution is -2.32. The van der Waals surface area contributed by atoms with Crippen LogP contribution in [-0.2, 0) is 16.0 Å². The first-order valence-corrected chi connectivity index (χ1v) is 12.1. The van der Waals surface area contributed by atoms with Gasteiger partial charge in [-0.3, -0.25) is 9.59 Å². The van der Waals surface area contributed by atoms with E-state index in [0.29, 0.717) is 12.2 Å². The molecule has 0 aromatic heterocycles. The lowest BCUT2D eigenvalue weighted by atomic mass is 10.1. The number of hydrogen-bond acceptors (Lipinski definition) is 4. The number of unbranched alkanes of at least 4 members (excludes halogenated alkanes) is 8. The number of allylic oxidation sites excluding steroid dienone is 4. The molecule has 1 aromatic carbocycles. The molecular weight excluding hydrogens is 402 g/mol. The van der Waals surface area contributed by atoms with Gasteiger partial charge in [0.15, 0.2) is 0 Å². The molecule has 0 unspecified atom stereocenters. The highest BCUT2D eigenvalue weighted by Gasteiger charge is 2.12. The van der Waals surface area contributed by atoms with E-state index >= 15 is 0 Å². The van der Waals surface area contributed by atoms with Gasteiger partial charge in [-0.1, -0.05) is 75.5 Å². The van der Waals surface area contributed by atoms with Crippen LogP contribution in [0.3, 0.4) is 0 Å². The number of benzene rings is 1. The van der Waals surface area contributed by atoms with Gasteiger partial charge in [0.05, 0.1) is 0 Å². The first-order chi connectivity index (χ1) is 15.5. The first-order valence-electron chi connectivity index (χ1n) is 12.1. The summed E-state index contributed by atoms with van der Waals surface area (Å²) >= 11 is 0. The molecule has 5 heteroatoms. The maximum atomic E-state index is 12.0. The van der Waals surface area contributed by atoms with E-state index in [1.165, 1.54) is 38.5 Å². The van der Waals surface area contributed by atoms with Crippen LogP contribution in [0.5, 0.6) is 5.75 Å². The predicted molar refractivity (Wildman–Crippen MR) is 131 cm³/mol. The van der Waals surface area contributed by atoms with E-state index in [1.807, 2.05) is 0 Å². The molecule has 5 nitrogen and oxygen atoms in total. The maximum absolute atomic E-state index is 12.0. The molecule has 0 amide bonds. The Hall–Kier alpha value is -2.40.